The van der Waals surface area contributed by atoms with Crippen LogP contribution in [0.1, 0.15) is 13.3 Å². The van der Waals surface area contributed by atoms with Crippen LogP contribution in [0, 0.1) is 5.41 Å². The fourth-order valence-corrected chi connectivity index (χ4v) is 0.599. The molecule has 0 unspecified atom stereocenters. The first-order valence-corrected chi connectivity index (χ1v) is 4.01. The molecular weight excluding hydrogens is 132 g/mol. The highest BCUT2D eigenvalue weighted by molar-refractivity contribution is 8.13. The van der Waals surface area contributed by atoms with Gasteiger partial charge in [0.15, 0.2) is 0 Å². The number of hydrogen-bond acceptors (Lipinski definition) is 3. The van der Waals surface area contributed by atoms with Gasteiger partial charge >= 0.3 is 0 Å². The summed E-state index contributed by atoms with van der Waals surface area (Å²) in [7, 11) is 0. The molecule has 3 N–H and O–H groups in total. The van der Waals surface area contributed by atoms with Crippen LogP contribution in [-0.4, -0.2) is 11.3 Å². The normalized spacial score (nSPS) is 11.6. The Morgan fingerprint density at radius 1 is 1.78 bits per heavy atom. The van der Waals surface area contributed by atoms with Gasteiger partial charge in [-0.3, -0.25) is 5.41 Å². The molecule has 0 bridgehead atoms. The molecule has 52 valence electrons. The Balaban J connectivity index is 3.79. The minimum absolute atomic E-state index is 0.523. The third-order valence-electron chi connectivity index (χ3n) is 0.945. The predicted octanol–water partition coefficient (Wildman–Crippen LogP) is 1.58. The third-order valence-corrected chi connectivity index (χ3v) is 1.50. The van der Waals surface area contributed by atoms with E-state index in [1.165, 1.54) is 11.8 Å². The SMILES string of the molecule is CC/C(N)=C/C(=N)SC. The molecule has 2 nitrogen and oxygen atoms in total. The van der Waals surface area contributed by atoms with Crippen LogP contribution >= 0.6 is 11.8 Å². The van der Waals surface area contributed by atoms with Crippen LogP contribution in [0.15, 0.2) is 11.8 Å². The molecule has 9 heavy (non-hydrogen) atoms. The van der Waals surface area contributed by atoms with Crippen LogP contribution < -0.4 is 5.73 Å². The van der Waals surface area contributed by atoms with E-state index in [9.17, 15) is 0 Å². The number of thioether (sulfide) groups is 1. The first kappa shape index (κ1) is 8.56. The molecule has 0 spiro atoms. The first-order chi connectivity index (χ1) is 4.20. The predicted molar refractivity (Wildman–Crippen MR) is 43.8 cm³/mol. The van der Waals surface area contributed by atoms with Crippen molar-refractivity contribution in [2.75, 3.05) is 6.26 Å². The fourth-order valence-electron chi connectivity index (χ4n) is 0.329. The quantitative estimate of drug-likeness (QED) is 0.456. The fraction of sp³-hybridized carbons (Fsp3) is 0.500. The Labute approximate surface area is 60.0 Å². The van der Waals surface area contributed by atoms with Crippen molar-refractivity contribution in [1.82, 2.24) is 0 Å². The minimum atomic E-state index is 0.523. The second-order valence-corrected chi connectivity index (χ2v) is 2.49. The number of nitrogens with two attached hydrogens (primary N) is 1. The zero-order chi connectivity index (χ0) is 7.28. The maximum atomic E-state index is 7.18. The van der Waals surface area contributed by atoms with Crippen molar-refractivity contribution in [2.24, 2.45) is 5.73 Å². The van der Waals surface area contributed by atoms with Gasteiger partial charge in [0.05, 0.1) is 5.04 Å². The number of hydrogen-bond donors (Lipinski definition) is 2. The van der Waals surface area contributed by atoms with E-state index in [1.807, 2.05) is 13.2 Å². The van der Waals surface area contributed by atoms with E-state index in [2.05, 4.69) is 0 Å². The summed E-state index contributed by atoms with van der Waals surface area (Å²) in [6.45, 7) is 1.97. The number of nitrogens with one attached hydrogen (secondary N) is 1. The molecule has 0 radical (unpaired) electrons. The zero-order valence-electron chi connectivity index (χ0n) is 5.77. The molecule has 0 aromatic heterocycles. The van der Waals surface area contributed by atoms with Gasteiger partial charge in [0, 0.05) is 5.70 Å². The standard InChI is InChI=1S/C6H12N2S/c1-3-5(7)4-6(8)9-2/h4,8H,3,7H2,1-2H3/b5-4-,8-6?. The lowest BCUT2D eigenvalue weighted by molar-refractivity contribution is 1.07. The summed E-state index contributed by atoms with van der Waals surface area (Å²) in [5.74, 6) is 0. The van der Waals surface area contributed by atoms with E-state index >= 15 is 0 Å². The molecular formula is C6H12N2S. The topological polar surface area (TPSA) is 49.9 Å². The van der Waals surface area contributed by atoms with Gasteiger partial charge in [-0.25, -0.2) is 0 Å². The summed E-state index contributed by atoms with van der Waals surface area (Å²) in [4.78, 5) is 0. The summed E-state index contributed by atoms with van der Waals surface area (Å²) >= 11 is 1.40. The van der Waals surface area contributed by atoms with Gasteiger partial charge in [-0.2, -0.15) is 0 Å². The Bertz CT molecular complexity index is 129. The minimum Gasteiger partial charge on any atom is -0.402 e. The molecule has 0 rings (SSSR count). The van der Waals surface area contributed by atoms with Gasteiger partial charge in [-0.15, -0.1) is 11.8 Å². The average molecular weight is 144 g/mol. The molecule has 0 aromatic carbocycles. The Morgan fingerprint density at radius 3 is 2.67 bits per heavy atom. The monoisotopic (exact) mass is 144 g/mol. The lowest BCUT2D eigenvalue weighted by atomic mass is 10.3. The van der Waals surface area contributed by atoms with Crippen LogP contribution in [-0.2, 0) is 0 Å². The summed E-state index contributed by atoms with van der Waals surface area (Å²) in [6.07, 6.45) is 4.37. The second-order valence-electron chi connectivity index (χ2n) is 1.64. The molecule has 0 aliphatic heterocycles. The molecule has 0 atom stereocenters. The van der Waals surface area contributed by atoms with Crippen LogP contribution in [0.2, 0.25) is 0 Å². The van der Waals surface area contributed by atoms with Crippen LogP contribution in [0.4, 0.5) is 0 Å². The van der Waals surface area contributed by atoms with Crippen molar-refractivity contribution in [1.29, 1.82) is 5.41 Å². The van der Waals surface area contributed by atoms with E-state index in [0.29, 0.717) is 5.04 Å². The zero-order valence-corrected chi connectivity index (χ0v) is 6.59. The molecule has 3 heteroatoms. The van der Waals surface area contributed by atoms with Gasteiger partial charge < -0.3 is 5.73 Å². The van der Waals surface area contributed by atoms with Crippen LogP contribution in [0.25, 0.3) is 0 Å². The van der Waals surface area contributed by atoms with Crippen LogP contribution in [0.3, 0.4) is 0 Å². The molecule has 0 amide bonds. The molecule has 0 saturated carbocycles. The Kier molecular flexibility index (Phi) is 4.22. The maximum absolute atomic E-state index is 7.18. The Morgan fingerprint density at radius 2 is 2.33 bits per heavy atom. The highest BCUT2D eigenvalue weighted by Gasteiger charge is 1.88. The van der Waals surface area contributed by atoms with Gasteiger partial charge in [-0.05, 0) is 18.8 Å². The average Bonchev–Trinajstić information content (AvgIpc) is 1.87. The van der Waals surface area contributed by atoms with Gasteiger partial charge in [0.2, 0.25) is 0 Å². The summed E-state index contributed by atoms with van der Waals surface area (Å²) in [5, 5.41) is 7.70. The molecule has 0 fully saturated rings. The molecule has 0 aromatic rings. The van der Waals surface area contributed by atoms with Crippen molar-refractivity contribution in [3.63, 3.8) is 0 Å². The van der Waals surface area contributed by atoms with Crippen molar-refractivity contribution < 1.29 is 0 Å². The second kappa shape index (κ2) is 4.44. The van der Waals surface area contributed by atoms with E-state index in [4.69, 9.17) is 11.1 Å². The van der Waals surface area contributed by atoms with Gasteiger partial charge in [0.25, 0.3) is 0 Å². The number of rotatable bonds is 2. The molecule has 0 aliphatic carbocycles. The van der Waals surface area contributed by atoms with Crippen molar-refractivity contribution in [3.8, 4) is 0 Å². The highest BCUT2D eigenvalue weighted by atomic mass is 32.2. The smallest absolute Gasteiger partial charge is 0.0884 e. The lowest BCUT2D eigenvalue weighted by Gasteiger charge is -1.93. The van der Waals surface area contributed by atoms with Crippen molar-refractivity contribution in [2.45, 2.75) is 13.3 Å². The highest BCUT2D eigenvalue weighted by Crippen LogP contribution is 1.99. The molecule has 0 heterocycles. The molecule has 0 saturated heterocycles. The van der Waals surface area contributed by atoms with Gasteiger partial charge in [0.1, 0.15) is 0 Å². The third kappa shape index (κ3) is 4.09. The van der Waals surface area contributed by atoms with Crippen molar-refractivity contribution in [3.05, 3.63) is 11.8 Å². The van der Waals surface area contributed by atoms with Gasteiger partial charge in [-0.1, -0.05) is 6.92 Å². The molecule has 0 aliphatic rings. The summed E-state index contributed by atoms with van der Waals surface area (Å²) in [5.41, 5.74) is 6.23. The van der Waals surface area contributed by atoms with E-state index < -0.39 is 0 Å². The van der Waals surface area contributed by atoms with Crippen LogP contribution in [0.5, 0.6) is 0 Å². The van der Waals surface area contributed by atoms with E-state index in [1.54, 1.807) is 6.08 Å². The summed E-state index contributed by atoms with van der Waals surface area (Å²) < 4.78 is 0. The largest absolute Gasteiger partial charge is 0.402 e. The van der Waals surface area contributed by atoms with E-state index in [-0.39, 0.29) is 0 Å². The van der Waals surface area contributed by atoms with E-state index in [0.717, 1.165) is 12.1 Å². The summed E-state index contributed by atoms with van der Waals surface area (Å²) in [6, 6.07) is 0. The van der Waals surface area contributed by atoms with Crippen molar-refractivity contribution >= 4 is 16.8 Å². The first-order valence-electron chi connectivity index (χ1n) is 2.79. The lowest BCUT2D eigenvalue weighted by Crippen LogP contribution is -1.97. The Hall–Kier alpha value is -0.440. The number of allylic oxidation sites excluding steroid dienone is 1. The maximum Gasteiger partial charge on any atom is 0.0884 e.